The molecular weight excluding hydrogens is 428 g/mol. The van der Waals surface area contributed by atoms with Crippen molar-refractivity contribution >= 4 is 33.2 Å². The molecule has 0 aliphatic rings. The number of sulfonamides is 1. The van der Waals surface area contributed by atoms with Gasteiger partial charge in [0.2, 0.25) is 27.6 Å². The van der Waals surface area contributed by atoms with Crippen molar-refractivity contribution in [3.05, 3.63) is 65.0 Å². The summed E-state index contributed by atoms with van der Waals surface area (Å²) in [6.07, 6.45) is 1.71. The zero-order valence-corrected chi connectivity index (χ0v) is 18.1. The van der Waals surface area contributed by atoms with Crippen molar-refractivity contribution in [2.24, 2.45) is 0 Å². The molecular formula is C20H21ClN4O4S. The molecule has 0 radical (unpaired) electrons. The number of para-hydroxylation sites is 1. The van der Waals surface area contributed by atoms with E-state index in [9.17, 15) is 13.2 Å². The lowest BCUT2D eigenvalue weighted by Gasteiger charge is -2.24. The van der Waals surface area contributed by atoms with Gasteiger partial charge in [-0.05, 0) is 30.2 Å². The Labute approximate surface area is 179 Å². The normalized spacial score (nSPS) is 11.3. The van der Waals surface area contributed by atoms with Crippen molar-refractivity contribution in [1.82, 2.24) is 15.5 Å². The highest BCUT2D eigenvalue weighted by Crippen LogP contribution is 2.25. The van der Waals surface area contributed by atoms with Crippen LogP contribution >= 0.6 is 11.6 Å². The SMILES string of the molecule is CCc1ccccc1N(CC(=O)NCc1nc(-c2ccccc2Cl)no1)S(C)(=O)=O. The van der Waals surface area contributed by atoms with Gasteiger partial charge < -0.3 is 9.84 Å². The summed E-state index contributed by atoms with van der Waals surface area (Å²) in [6, 6.07) is 14.1. The van der Waals surface area contributed by atoms with Gasteiger partial charge in [-0.3, -0.25) is 9.10 Å². The number of hydrogen-bond acceptors (Lipinski definition) is 6. The van der Waals surface area contributed by atoms with E-state index >= 15 is 0 Å². The molecule has 0 saturated carbocycles. The number of rotatable bonds is 8. The smallest absolute Gasteiger partial charge is 0.246 e. The molecule has 1 aromatic heterocycles. The van der Waals surface area contributed by atoms with Gasteiger partial charge in [-0.25, -0.2) is 8.42 Å². The van der Waals surface area contributed by atoms with Crippen molar-refractivity contribution < 1.29 is 17.7 Å². The van der Waals surface area contributed by atoms with Crippen molar-refractivity contribution in [3.63, 3.8) is 0 Å². The second-order valence-corrected chi connectivity index (χ2v) is 8.83. The Morgan fingerprint density at radius 1 is 1.17 bits per heavy atom. The van der Waals surface area contributed by atoms with Gasteiger partial charge in [-0.15, -0.1) is 0 Å². The van der Waals surface area contributed by atoms with Crippen LogP contribution in [0.3, 0.4) is 0 Å². The monoisotopic (exact) mass is 448 g/mol. The number of benzene rings is 2. The molecule has 3 aromatic rings. The average Bonchev–Trinajstić information content (AvgIpc) is 3.19. The van der Waals surface area contributed by atoms with Crippen LogP contribution < -0.4 is 9.62 Å². The number of anilines is 1. The molecule has 0 aliphatic carbocycles. The average molecular weight is 449 g/mol. The van der Waals surface area contributed by atoms with Crippen molar-refractivity contribution in [3.8, 4) is 11.4 Å². The number of aryl methyl sites for hydroxylation is 1. The van der Waals surface area contributed by atoms with Gasteiger partial charge in [-0.1, -0.05) is 54.0 Å². The second-order valence-electron chi connectivity index (χ2n) is 6.52. The molecule has 3 rings (SSSR count). The number of carbonyl (C=O) groups excluding carboxylic acids is 1. The van der Waals surface area contributed by atoms with Crippen molar-refractivity contribution in [2.45, 2.75) is 19.9 Å². The molecule has 158 valence electrons. The molecule has 10 heteroatoms. The summed E-state index contributed by atoms with van der Waals surface area (Å²) < 4.78 is 30.8. The summed E-state index contributed by atoms with van der Waals surface area (Å²) in [5, 5.41) is 6.96. The molecule has 2 aromatic carbocycles. The minimum atomic E-state index is -3.66. The maximum Gasteiger partial charge on any atom is 0.246 e. The van der Waals surface area contributed by atoms with Gasteiger partial charge >= 0.3 is 0 Å². The quantitative estimate of drug-likeness (QED) is 0.567. The van der Waals surface area contributed by atoms with Crippen LogP contribution in [0.15, 0.2) is 53.1 Å². The maximum atomic E-state index is 12.4. The van der Waals surface area contributed by atoms with E-state index < -0.39 is 15.9 Å². The molecule has 1 N–H and O–H groups in total. The van der Waals surface area contributed by atoms with E-state index in [1.807, 2.05) is 19.1 Å². The van der Waals surface area contributed by atoms with E-state index in [4.69, 9.17) is 16.1 Å². The summed E-state index contributed by atoms with van der Waals surface area (Å²) in [5.74, 6) is -0.0126. The number of hydrogen-bond donors (Lipinski definition) is 1. The predicted octanol–water partition coefficient (Wildman–Crippen LogP) is 3.03. The topological polar surface area (TPSA) is 105 Å². The molecule has 0 atom stereocenters. The van der Waals surface area contributed by atoms with Crippen LogP contribution in [-0.2, 0) is 27.8 Å². The maximum absolute atomic E-state index is 12.4. The third-order valence-corrected chi connectivity index (χ3v) is 5.80. The fourth-order valence-corrected chi connectivity index (χ4v) is 3.98. The Kier molecular flexibility index (Phi) is 6.73. The van der Waals surface area contributed by atoms with E-state index in [0.717, 1.165) is 16.1 Å². The summed E-state index contributed by atoms with van der Waals surface area (Å²) >= 11 is 6.12. The fraction of sp³-hybridized carbons (Fsp3) is 0.250. The molecule has 1 amide bonds. The van der Waals surface area contributed by atoms with Gasteiger partial charge in [0.25, 0.3) is 0 Å². The van der Waals surface area contributed by atoms with Crippen LogP contribution in [0.2, 0.25) is 5.02 Å². The molecule has 0 unspecified atom stereocenters. The lowest BCUT2D eigenvalue weighted by molar-refractivity contribution is -0.119. The Balaban J connectivity index is 1.69. The van der Waals surface area contributed by atoms with Gasteiger partial charge in [0.15, 0.2) is 0 Å². The Bertz CT molecular complexity index is 1150. The summed E-state index contributed by atoms with van der Waals surface area (Å²) in [4.78, 5) is 16.7. The minimum absolute atomic E-state index is 0.0384. The van der Waals surface area contributed by atoms with Crippen LogP contribution in [-0.4, -0.2) is 37.3 Å². The number of nitrogens with zero attached hydrogens (tertiary/aromatic N) is 3. The van der Waals surface area contributed by atoms with Gasteiger partial charge in [0, 0.05) is 5.56 Å². The highest BCUT2D eigenvalue weighted by atomic mass is 35.5. The number of carbonyl (C=O) groups is 1. The Morgan fingerprint density at radius 2 is 1.87 bits per heavy atom. The first-order valence-corrected chi connectivity index (χ1v) is 11.4. The number of nitrogens with one attached hydrogen (secondary N) is 1. The summed E-state index contributed by atoms with van der Waals surface area (Å²) in [6.45, 7) is 1.52. The Morgan fingerprint density at radius 3 is 2.57 bits per heavy atom. The molecule has 0 fully saturated rings. The number of amides is 1. The van der Waals surface area contributed by atoms with E-state index in [1.54, 1.807) is 36.4 Å². The van der Waals surface area contributed by atoms with Gasteiger partial charge in [-0.2, -0.15) is 4.98 Å². The summed E-state index contributed by atoms with van der Waals surface area (Å²) in [7, 11) is -3.66. The zero-order valence-electron chi connectivity index (χ0n) is 16.5. The molecule has 1 heterocycles. The lowest BCUT2D eigenvalue weighted by atomic mass is 10.1. The number of halogens is 1. The van der Waals surface area contributed by atoms with E-state index in [2.05, 4.69) is 15.5 Å². The Hall–Kier alpha value is -2.91. The minimum Gasteiger partial charge on any atom is -0.345 e. The van der Waals surface area contributed by atoms with Gasteiger partial charge in [0.1, 0.15) is 6.54 Å². The third-order valence-electron chi connectivity index (χ3n) is 4.35. The zero-order chi connectivity index (χ0) is 21.7. The van der Waals surface area contributed by atoms with E-state index in [-0.39, 0.29) is 19.0 Å². The van der Waals surface area contributed by atoms with Crippen molar-refractivity contribution in [2.75, 3.05) is 17.1 Å². The molecule has 0 spiro atoms. The lowest BCUT2D eigenvalue weighted by Crippen LogP contribution is -2.40. The second kappa shape index (κ2) is 9.27. The highest BCUT2D eigenvalue weighted by Gasteiger charge is 2.23. The molecule has 8 nitrogen and oxygen atoms in total. The standard InChI is InChI=1S/C20H21ClN4O4S/c1-3-14-8-4-7-11-17(14)25(30(2,27)28)13-18(26)22-12-19-23-20(24-29-19)15-9-5-6-10-16(15)21/h4-11H,3,12-13H2,1-2H3,(H,22,26). The van der Waals surface area contributed by atoms with E-state index in [0.29, 0.717) is 28.5 Å². The molecule has 0 bridgehead atoms. The molecule has 30 heavy (non-hydrogen) atoms. The highest BCUT2D eigenvalue weighted by molar-refractivity contribution is 7.92. The van der Waals surface area contributed by atoms with E-state index in [1.165, 1.54) is 0 Å². The van der Waals surface area contributed by atoms with Crippen LogP contribution in [0, 0.1) is 0 Å². The molecule has 0 aliphatic heterocycles. The van der Waals surface area contributed by atoms with Crippen molar-refractivity contribution in [1.29, 1.82) is 0 Å². The summed E-state index contributed by atoms with van der Waals surface area (Å²) in [5.41, 5.74) is 1.92. The van der Waals surface area contributed by atoms with Crippen LogP contribution in [0.1, 0.15) is 18.4 Å². The first-order chi connectivity index (χ1) is 14.3. The fourth-order valence-electron chi connectivity index (χ4n) is 2.87. The van der Waals surface area contributed by atoms with Crippen LogP contribution in [0.25, 0.3) is 11.4 Å². The van der Waals surface area contributed by atoms with Crippen LogP contribution in [0.5, 0.6) is 0 Å². The third kappa shape index (κ3) is 5.17. The van der Waals surface area contributed by atoms with Crippen LogP contribution in [0.4, 0.5) is 5.69 Å². The first kappa shape index (κ1) is 21.8. The number of aromatic nitrogens is 2. The largest absolute Gasteiger partial charge is 0.345 e. The molecule has 0 saturated heterocycles. The van der Waals surface area contributed by atoms with Gasteiger partial charge in [0.05, 0.1) is 23.5 Å². The predicted molar refractivity (Wildman–Crippen MR) is 115 cm³/mol. The first-order valence-electron chi connectivity index (χ1n) is 9.19.